The van der Waals surface area contributed by atoms with Crippen molar-refractivity contribution in [2.45, 2.75) is 24.9 Å². The van der Waals surface area contributed by atoms with Crippen LogP contribution in [0.25, 0.3) is 10.4 Å². The van der Waals surface area contributed by atoms with Crippen LogP contribution in [0.4, 0.5) is 5.82 Å². The summed E-state index contributed by atoms with van der Waals surface area (Å²) >= 11 is 0. The molecule has 14 nitrogen and oxygen atoms in total. The third kappa shape index (κ3) is 4.27. The number of ether oxygens (including phenoxy) is 2. The van der Waals surface area contributed by atoms with Gasteiger partial charge in [0.05, 0.1) is 19.8 Å². The molecule has 25 heavy (non-hydrogen) atoms. The van der Waals surface area contributed by atoms with Crippen molar-refractivity contribution >= 4 is 13.6 Å². The first kappa shape index (κ1) is 19.1. The van der Waals surface area contributed by atoms with Crippen molar-refractivity contribution in [3.05, 3.63) is 31.3 Å². The van der Waals surface area contributed by atoms with Crippen molar-refractivity contribution in [3.8, 4) is 5.75 Å². The van der Waals surface area contributed by atoms with Gasteiger partial charge in [0, 0.05) is 11.3 Å². The maximum Gasteiger partial charge on any atom is 0.469 e. The molecule has 1 saturated heterocycles. The lowest BCUT2D eigenvalue weighted by Gasteiger charge is -2.18. The van der Waals surface area contributed by atoms with Gasteiger partial charge in [0.2, 0.25) is 5.75 Å². The highest BCUT2D eigenvalue weighted by atomic mass is 31.2. The third-order valence-electron chi connectivity index (χ3n) is 3.32. The Bertz CT molecular complexity index is 853. The van der Waals surface area contributed by atoms with Crippen molar-refractivity contribution in [2.24, 2.45) is 5.11 Å². The first-order valence-corrected chi connectivity index (χ1v) is 8.22. The molecule has 0 radical (unpaired) electrons. The molecule has 4 N–H and O–H groups in total. The number of aromatic nitrogens is 2. The molecule has 0 bridgehead atoms. The SMILES string of the molecule is COc1c(N=[N+]=[N-])n([C@H]2C[C@H](O)[C@@H](COP(=O)(O)O)O2)c(=O)[nH]c1=O. The summed E-state index contributed by atoms with van der Waals surface area (Å²) in [5.74, 6) is -0.905. The zero-order valence-electron chi connectivity index (χ0n) is 12.7. The Morgan fingerprint density at radius 1 is 1.52 bits per heavy atom. The van der Waals surface area contributed by atoms with E-state index in [2.05, 4.69) is 14.5 Å². The second-order valence-corrected chi connectivity index (χ2v) is 6.13. The van der Waals surface area contributed by atoms with Gasteiger partial charge in [0.15, 0.2) is 5.82 Å². The Balaban J connectivity index is 2.39. The zero-order chi connectivity index (χ0) is 18.8. The molecule has 0 spiro atoms. The number of H-pyrrole nitrogens is 1. The van der Waals surface area contributed by atoms with Crippen LogP contribution in [0, 0.1) is 0 Å². The van der Waals surface area contributed by atoms with Gasteiger partial charge >= 0.3 is 13.5 Å². The van der Waals surface area contributed by atoms with Gasteiger partial charge in [0.1, 0.15) is 12.3 Å². The smallest absolute Gasteiger partial charge is 0.469 e. The molecule has 1 aliphatic rings. The number of nitrogens with one attached hydrogen (secondary N) is 1. The third-order valence-corrected chi connectivity index (χ3v) is 3.80. The number of azide groups is 1. The Morgan fingerprint density at radius 2 is 2.20 bits per heavy atom. The number of nitrogens with zero attached hydrogens (tertiary/aromatic N) is 4. The summed E-state index contributed by atoms with van der Waals surface area (Å²) in [6.45, 7) is -0.645. The van der Waals surface area contributed by atoms with E-state index in [1.807, 2.05) is 4.98 Å². The van der Waals surface area contributed by atoms with Crippen LogP contribution in [0.1, 0.15) is 12.6 Å². The number of hydrogen-bond acceptors (Lipinski definition) is 8. The molecule has 1 fully saturated rings. The van der Waals surface area contributed by atoms with Gasteiger partial charge in [-0.15, -0.1) is 0 Å². The van der Waals surface area contributed by atoms with Crippen LogP contribution in [0.5, 0.6) is 5.75 Å². The zero-order valence-corrected chi connectivity index (χ0v) is 13.6. The number of methoxy groups -OCH3 is 1. The van der Waals surface area contributed by atoms with Crippen molar-refractivity contribution in [1.82, 2.24) is 9.55 Å². The molecule has 0 unspecified atom stereocenters. The number of hydrogen-bond donors (Lipinski definition) is 4. The average molecular weight is 379 g/mol. The predicted molar refractivity (Wildman–Crippen MR) is 79.2 cm³/mol. The molecule has 1 aliphatic heterocycles. The van der Waals surface area contributed by atoms with Crippen LogP contribution in [0.3, 0.4) is 0 Å². The average Bonchev–Trinajstić information content (AvgIpc) is 2.85. The maximum absolute atomic E-state index is 12.1. The number of aliphatic hydroxyl groups excluding tert-OH is 1. The molecule has 0 amide bonds. The molecule has 2 heterocycles. The predicted octanol–water partition coefficient (Wildman–Crippen LogP) is -0.755. The standard InChI is InChI=1S/C10H14N5O9P/c1-22-7-8(13-14-11)15(10(18)12-9(7)17)6-2-4(16)5(24-6)3-23-25(19,20)21/h4-6,16H,2-3H2,1H3,(H,12,17,18)(H2,19,20,21)/t4-,5+,6+/m0/s1. The summed E-state index contributed by atoms with van der Waals surface area (Å²) in [6.07, 6.45) is -3.79. The first-order chi connectivity index (χ1) is 11.7. The first-order valence-electron chi connectivity index (χ1n) is 6.69. The van der Waals surface area contributed by atoms with E-state index in [1.54, 1.807) is 0 Å². The topological polar surface area (TPSA) is 209 Å². The largest absolute Gasteiger partial charge is 0.490 e. The van der Waals surface area contributed by atoms with Crippen LogP contribution in [-0.4, -0.2) is 50.4 Å². The summed E-state index contributed by atoms with van der Waals surface area (Å²) in [5.41, 5.74) is 6.74. The molecule has 0 saturated carbocycles. The number of aromatic amines is 1. The van der Waals surface area contributed by atoms with Crippen molar-refractivity contribution in [3.63, 3.8) is 0 Å². The normalized spacial score (nSPS) is 23.3. The Morgan fingerprint density at radius 3 is 2.76 bits per heavy atom. The van der Waals surface area contributed by atoms with Crippen molar-refractivity contribution in [1.29, 1.82) is 0 Å². The monoisotopic (exact) mass is 379 g/mol. The fourth-order valence-electron chi connectivity index (χ4n) is 2.30. The number of aliphatic hydroxyl groups is 1. The van der Waals surface area contributed by atoms with Gasteiger partial charge in [-0.25, -0.2) is 9.36 Å². The molecule has 3 atom stereocenters. The van der Waals surface area contributed by atoms with E-state index >= 15 is 0 Å². The van der Waals surface area contributed by atoms with Crippen LogP contribution < -0.4 is 16.0 Å². The second kappa shape index (κ2) is 7.37. The minimum atomic E-state index is -4.78. The van der Waals surface area contributed by atoms with Crippen LogP contribution in [0.15, 0.2) is 14.7 Å². The highest BCUT2D eigenvalue weighted by Gasteiger charge is 2.38. The molecule has 2 rings (SSSR count). The maximum atomic E-state index is 12.1. The summed E-state index contributed by atoms with van der Waals surface area (Å²) in [5, 5.41) is 13.2. The highest BCUT2D eigenvalue weighted by Crippen LogP contribution is 2.39. The number of phosphoric ester groups is 1. The molecule has 138 valence electrons. The lowest BCUT2D eigenvalue weighted by Crippen LogP contribution is -2.33. The molecule has 1 aromatic rings. The Labute approximate surface area is 138 Å². The van der Waals surface area contributed by atoms with E-state index in [9.17, 15) is 19.3 Å². The molecule has 0 aliphatic carbocycles. The van der Waals surface area contributed by atoms with Gasteiger partial charge in [-0.05, 0) is 10.6 Å². The Hall–Kier alpha value is -2.18. The van der Waals surface area contributed by atoms with Gasteiger partial charge in [0.25, 0.3) is 5.56 Å². The van der Waals surface area contributed by atoms with Crippen molar-refractivity contribution in [2.75, 3.05) is 13.7 Å². The quantitative estimate of drug-likeness (QED) is 0.211. The summed E-state index contributed by atoms with van der Waals surface area (Å²) < 4.78 is 25.9. The van der Waals surface area contributed by atoms with Gasteiger partial charge in [-0.2, -0.15) is 0 Å². The molecular weight excluding hydrogens is 365 g/mol. The summed E-state index contributed by atoms with van der Waals surface area (Å²) in [4.78, 5) is 45.6. The fraction of sp³-hybridized carbons (Fsp3) is 0.600. The van der Waals surface area contributed by atoms with E-state index in [0.29, 0.717) is 0 Å². The highest BCUT2D eigenvalue weighted by molar-refractivity contribution is 7.46. The molecule has 0 aromatic carbocycles. The van der Waals surface area contributed by atoms with Gasteiger partial charge < -0.3 is 24.4 Å². The molecular formula is C10H14N5O9P. The van der Waals surface area contributed by atoms with E-state index in [0.717, 1.165) is 11.7 Å². The number of phosphoric acid groups is 1. The van der Waals surface area contributed by atoms with Crippen LogP contribution in [0.2, 0.25) is 0 Å². The van der Waals surface area contributed by atoms with Gasteiger partial charge in [-0.3, -0.25) is 18.9 Å². The summed E-state index contributed by atoms with van der Waals surface area (Å²) in [6, 6.07) is 0. The minimum absolute atomic E-state index is 0.196. The van der Waals surface area contributed by atoms with E-state index < -0.39 is 55.7 Å². The van der Waals surface area contributed by atoms with E-state index in [-0.39, 0.29) is 6.42 Å². The number of rotatable bonds is 6. The van der Waals surface area contributed by atoms with Crippen molar-refractivity contribution < 1.29 is 33.5 Å². The fourth-order valence-corrected chi connectivity index (χ4v) is 2.64. The lowest BCUT2D eigenvalue weighted by molar-refractivity contribution is -0.0446. The minimum Gasteiger partial charge on any atom is -0.490 e. The van der Waals surface area contributed by atoms with Crippen LogP contribution >= 0.6 is 7.82 Å². The molecule has 15 heteroatoms. The molecule has 1 aromatic heterocycles. The van der Waals surface area contributed by atoms with Gasteiger partial charge in [-0.1, -0.05) is 0 Å². The lowest BCUT2D eigenvalue weighted by atomic mass is 10.2. The van der Waals surface area contributed by atoms with Crippen LogP contribution in [-0.2, 0) is 13.8 Å². The second-order valence-electron chi connectivity index (χ2n) is 4.89. The Kier molecular flexibility index (Phi) is 5.65. The van der Waals surface area contributed by atoms with E-state index in [4.69, 9.17) is 24.8 Å². The summed E-state index contributed by atoms with van der Waals surface area (Å²) in [7, 11) is -3.66. The van der Waals surface area contributed by atoms with E-state index in [1.165, 1.54) is 0 Å².